The summed E-state index contributed by atoms with van der Waals surface area (Å²) in [6.07, 6.45) is 4.42. The Morgan fingerprint density at radius 1 is 1.11 bits per heavy atom. The average Bonchev–Trinajstić information content (AvgIpc) is 3.27. The van der Waals surface area contributed by atoms with E-state index in [0.29, 0.717) is 37.6 Å². The number of carbonyl (C=O) groups excluding carboxylic acids is 1. The molecule has 2 atom stereocenters. The molecular weight excluding hydrogens is 478 g/mol. The Labute approximate surface area is 224 Å². The summed E-state index contributed by atoms with van der Waals surface area (Å²) in [5, 5.41) is 8.95. The van der Waals surface area contributed by atoms with Gasteiger partial charge in [-0.15, -0.1) is 0 Å². The van der Waals surface area contributed by atoms with Crippen LogP contribution in [0.15, 0.2) is 89.9 Å². The van der Waals surface area contributed by atoms with Crippen LogP contribution in [0.25, 0.3) is 6.08 Å². The predicted octanol–water partition coefficient (Wildman–Crippen LogP) is 4.58. The minimum Gasteiger partial charge on any atom is -0.494 e. The van der Waals surface area contributed by atoms with E-state index in [4.69, 9.17) is 19.6 Å². The van der Waals surface area contributed by atoms with Crippen LogP contribution in [-0.4, -0.2) is 41.8 Å². The summed E-state index contributed by atoms with van der Waals surface area (Å²) in [7, 11) is 0. The summed E-state index contributed by atoms with van der Waals surface area (Å²) < 4.78 is 11.8. The van der Waals surface area contributed by atoms with Gasteiger partial charge in [0.1, 0.15) is 11.9 Å². The number of aliphatic hydroxyl groups is 1. The van der Waals surface area contributed by atoms with Gasteiger partial charge in [-0.25, -0.2) is 10.4 Å². The summed E-state index contributed by atoms with van der Waals surface area (Å²) in [6.45, 7) is 4.93. The molecule has 38 heavy (non-hydrogen) atoms. The Morgan fingerprint density at radius 2 is 1.89 bits per heavy atom. The SMILES string of the molecule is Cc1cccc(CNNC(=O)[C@@]2(C/C=C/c3ccccc3)N=C(c3ccc(OCCCO)cc3)O[C@H]2C)c1. The van der Waals surface area contributed by atoms with Crippen molar-refractivity contribution in [3.63, 3.8) is 0 Å². The second-order valence-corrected chi connectivity index (χ2v) is 9.37. The average molecular weight is 514 g/mol. The number of aliphatic imine (C=N–C) groups is 1. The molecule has 0 aliphatic carbocycles. The van der Waals surface area contributed by atoms with Crippen molar-refractivity contribution in [1.82, 2.24) is 10.9 Å². The number of hydrogen-bond donors (Lipinski definition) is 3. The van der Waals surface area contributed by atoms with Gasteiger partial charge in [-0.3, -0.25) is 10.2 Å². The molecule has 1 heterocycles. The number of nitrogens with one attached hydrogen (secondary N) is 2. The van der Waals surface area contributed by atoms with Gasteiger partial charge >= 0.3 is 0 Å². The lowest BCUT2D eigenvalue weighted by Crippen LogP contribution is -2.54. The van der Waals surface area contributed by atoms with E-state index in [1.165, 1.54) is 0 Å². The number of hydrogen-bond acceptors (Lipinski definition) is 6. The Bertz CT molecular complexity index is 1260. The Kier molecular flexibility index (Phi) is 9.30. The molecule has 0 bridgehead atoms. The van der Waals surface area contributed by atoms with Crippen LogP contribution in [0.1, 0.15) is 42.0 Å². The second-order valence-electron chi connectivity index (χ2n) is 9.37. The summed E-state index contributed by atoms with van der Waals surface area (Å²) in [6, 6.07) is 25.5. The predicted molar refractivity (Wildman–Crippen MR) is 150 cm³/mol. The number of nitrogens with zero attached hydrogens (tertiary/aromatic N) is 1. The number of carbonyl (C=O) groups is 1. The molecule has 0 unspecified atom stereocenters. The fourth-order valence-corrected chi connectivity index (χ4v) is 4.28. The zero-order valence-corrected chi connectivity index (χ0v) is 21.9. The van der Waals surface area contributed by atoms with E-state index < -0.39 is 11.6 Å². The maximum absolute atomic E-state index is 13.6. The molecule has 1 amide bonds. The van der Waals surface area contributed by atoms with E-state index in [1.54, 1.807) is 0 Å². The van der Waals surface area contributed by atoms with Crippen LogP contribution in [0.4, 0.5) is 0 Å². The molecule has 0 saturated carbocycles. The quantitative estimate of drug-likeness (QED) is 0.244. The molecule has 4 rings (SSSR count). The first kappa shape index (κ1) is 27.1. The minimum atomic E-state index is -1.14. The summed E-state index contributed by atoms with van der Waals surface area (Å²) in [4.78, 5) is 18.5. The topological polar surface area (TPSA) is 92.2 Å². The van der Waals surface area contributed by atoms with E-state index >= 15 is 0 Å². The Balaban J connectivity index is 1.53. The zero-order chi connectivity index (χ0) is 26.8. The second kappa shape index (κ2) is 13.0. The number of rotatable bonds is 12. The van der Waals surface area contributed by atoms with Crippen molar-refractivity contribution in [2.75, 3.05) is 13.2 Å². The van der Waals surface area contributed by atoms with Crippen molar-refractivity contribution in [3.05, 3.63) is 107 Å². The number of aryl methyl sites for hydroxylation is 1. The van der Waals surface area contributed by atoms with Gasteiger partial charge in [0.05, 0.1) is 6.61 Å². The first-order valence-corrected chi connectivity index (χ1v) is 12.9. The maximum atomic E-state index is 13.6. The molecule has 198 valence electrons. The van der Waals surface area contributed by atoms with Crippen LogP contribution in [0.3, 0.4) is 0 Å². The van der Waals surface area contributed by atoms with Crippen LogP contribution in [0.5, 0.6) is 5.75 Å². The van der Waals surface area contributed by atoms with Gasteiger partial charge in [0.2, 0.25) is 5.90 Å². The third-order valence-electron chi connectivity index (χ3n) is 6.44. The van der Waals surface area contributed by atoms with E-state index in [2.05, 4.69) is 16.9 Å². The molecule has 1 aliphatic heterocycles. The van der Waals surface area contributed by atoms with Crippen LogP contribution in [-0.2, 0) is 16.1 Å². The smallest absolute Gasteiger partial charge is 0.266 e. The monoisotopic (exact) mass is 513 g/mol. The molecule has 0 fully saturated rings. The lowest BCUT2D eigenvalue weighted by molar-refractivity contribution is -0.129. The largest absolute Gasteiger partial charge is 0.494 e. The van der Waals surface area contributed by atoms with Gasteiger partial charge in [0, 0.05) is 31.6 Å². The highest BCUT2D eigenvalue weighted by atomic mass is 16.5. The molecule has 3 aromatic rings. The fraction of sp³-hybridized carbons (Fsp3) is 0.290. The molecule has 0 spiro atoms. The summed E-state index contributed by atoms with van der Waals surface area (Å²) >= 11 is 0. The molecule has 7 nitrogen and oxygen atoms in total. The highest BCUT2D eigenvalue weighted by molar-refractivity contribution is 6.00. The van der Waals surface area contributed by atoms with E-state index in [-0.39, 0.29) is 12.5 Å². The van der Waals surface area contributed by atoms with Gasteiger partial charge in [-0.1, -0.05) is 72.3 Å². The van der Waals surface area contributed by atoms with Crippen molar-refractivity contribution in [3.8, 4) is 5.75 Å². The summed E-state index contributed by atoms with van der Waals surface area (Å²) in [5.41, 5.74) is 8.84. The molecule has 3 aromatic carbocycles. The standard InChI is InChI=1S/C31H35N3O4/c1-23-9-6-12-26(21-23)22-32-34-30(36)31(18-7-13-25-10-4-3-5-11-25)24(2)38-29(33-31)27-14-16-28(17-15-27)37-20-8-19-35/h3-7,9-17,21,24,32,35H,8,18-20,22H2,1-2H3,(H,34,36)/b13-7+/t24-,31-/m0/s1. The van der Waals surface area contributed by atoms with Crippen LogP contribution in [0.2, 0.25) is 0 Å². The number of benzene rings is 3. The van der Waals surface area contributed by atoms with Gasteiger partial charge < -0.3 is 14.6 Å². The highest BCUT2D eigenvalue weighted by Crippen LogP contribution is 2.33. The molecule has 1 aliphatic rings. The molecule has 7 heteroatoms. The minimum absolute atomic E-state index is 0.0866. The molecule has 3 N–H and O–H groups in total. The maximum Gasteiger partial charge on any atom is 0.266 e. The van der Waals surface area contributed by atoms with Crippen molar-refractivity contribution < 1.29 is 19.4 Å². The van der Waals surface area contributed by atoms with E-state index in [1.807, 2.05) is 98.8 Å². The third kappa shape index (κ3) is 6.88. The van der Waals surface area contributed by atoms with Gasteiger partial charge in [-0.2, -0.15) is 0 Å². The molecular formula is C31H35N3O4. The van der Waals surface area contributed by atoms with Gasteiger partial charge in [0.15, 0.2) is 5.54 Å². The third-order valence-corrected chi connectivity index (χ3v) is 6.44. The number of ether oxygens (including phenoxy) is 2. The normalized spacial score (nSPS) is 18.7. The van der Waals surface area contributed by atoms with E-state index in [0.717, 1.165) is 22.3 Å². The van der Waals surface area contributed by atoms with Crippen LogP contribution < -0.4 is 15.6 Å². The Morgan fingerprint density at radius 3 is 2.63 bits per heavy atom. The molecule has 0 saturated heterocycles. The van der Waals surface area contributed by atoms with Crippen LogP contribution >= 0.6 is 0 Å². The lowest BCUT2D eigenvalue weighted by atomic mass is 9.89. The summed E-state index contributed by atoms with van der Waals surface area (Å²) in [5.74, 6) is 0.861. The number of hydrazine groups is 1. The van der Waals surface area contributed by atoms with Gasteiger partial charge in [-0.05, 0) is 49.2 Å². The van der Waals surface area contributed by atoms with Crippen molar-refractivity contribution in [2.45, 2.75) is 44.9 Å². The molecule has 0 radical (unpaired) electrons. The Hall–Kier alpha value is -3.94. The van der Waals surface area contributed by atoms with Crippen molar-refractivity contribution in [2.24, 2.45) is 4.99 Å². The van der Waals surface area contributed by atoms with E-state index in [9.17, 15) is 4.79 Å². The first-order valence-electron chi connectivity index (χ1n) is 12.9. The van der Waals surface area contributed by atoms with Crippen molar-refractivity contribution >= 4 is 17.9 Å². The zero-order valence-electron chi connectivity index (χ0n) is 21.9. The van der Waals surface area contributed by atoms with Gasteiger partial charge in [0.25, 0.3) is 5.91 Å². The first-order chi connectivity index (χ1) is 18.5. The highest BCUT2D eigenvalue weighted by Gasteiger charge is 2.49. The molecule has 0 aromatic heterocycles. The lowest BCUT2D eigenvalue weighted by Gasteiger charge is -2.27. The number of amides is 1. The van der Waals surface area contributed by atoms with Crippen molar-refractivity contribution in [1.29, 1.82) is 0 Å². The number of aliphatic hydroxyl groups excluding tert-OH is 1. The van der Waals surface area contributed by atoms with Crippen LogP contribution in [0, 0.1) is 6.92 Å². The fourth-order valence-electron chi connectivity index (χ4n) is 4.28.